The summed E-state index contributed by atoms with van der Waals surface area (Å²) in [5.41, 5.74) is 0. The van der Waals surface area contributed by atoms with Gasteiger partial charge >= 0.3 is 17.9 Å². The van der Waals surface area contributed by atoms with Crippen LogP contribution >= 0.6 is 0 Å². The second-order valence-electron chi connectivity index (χ2n) is 6.16. The van der Waals surface area contributed by atoms with Crippen molar-refractivity contribution in [3.8, 4) is 0 Å². The average molecular weight is 362 g/mol. The van der Waals surface area contributed by atoms with Crippen LogP contribution in [0.2, 0.25) is 0 Å². The molecule has 2 aliphatic rings. The Morgan fingerprint density at radius 1 is 1.12 bits per heavy atom. The summed E-state index contributed by atoms with van der Waals surface area (Å²) in [5, 5.41) is 0. The van der Waals surface area contributed by atoms with Crippen LogP contribution < -0.4 is 0 Å². The zero-order chi connectivity index (χ0) is 18.8. The first-order chi connectivity index (χ1) is 11.6. The predicted octanol–water partition coefficient (Wildman–Crippen LogP) is 0.221. The number of hydrogen-bond donors (Lipinski definition) is 0. The maximum Gasteiger partial charge on any atom is 0.382 e. The number of fused-ring (bicyclic) bond motifs is 1. The highest BCUT2D eigenvalue weighted by molar-refractivity contribution is 5.77. The van der Waals surface area contributed by atoms with Crippen LogP contribution in [0.3, 0.4) is 0 Å². The molecule has 2 fully saturated rings. The molecule has 0 bridgehead atoms. The van der Waals surface area contributed by atoms with Gasteiger partial charge in [0.1, 0.15) is 18.8 Å². The van der Waals surface area contributed by atoms with Crippen molar-refractivity contribution < 1.29 is 47.8 Å². The van der Waals surface area contributed by atoms with Crippen LogP contribution in [0.4, 0.5) is 0 Å². The summed E-state index contributed by atoms with van der Waals surface area (Å²) in [6.45, 7) is 7.03. The minimum Gasteiger partial charge on any atom is -0.463 e. The molecule has 0 aromatic heterocycles. The van der Waals surface area contributed by atoms with Gasteiger partial charge in [0.05, 0.1) is 0 Å². The molecule has 2 aliphatic heterocycles. The summed E-state index contributed by atoms with van der Waals surface area (Å²) in [6, 6.07) is 0. The largest absolute Gasteiger partial charge is 0.463 e. The Bertz CT molecular complexity index is 530. The number of carbonyl (C=O) groups is 3. The first-order valence-electron chi connectivity index (χ1n) is 7.78. The van der Waals surface area contributed by atoms with Crippen molar-refractivity contribution in [2.75, 3.05) is 6.61 Å². The standard InChI is InChI=1S/C15H22O10/c1-7(20-9(3)17)13(18)25-24-11-10(6-19-8(2)16)21-14-12(11)22-15(4,5)23-14/h7,10-12,14H,6H2,1-5H3/t7?,10-,11+,12-,14?/m1/s1. The van der Waals surface area contributed by atoms with Gasteiger partial charge < -0.3 is 23.7 Å². The lowest BCUT2D eigenvalue weighted by molar-refractivity contribution is -0.327. The molecule has 0 aromatic carbocycles. The Morgan fingerprint density at radius 3 is 2.40 bits per heavy atom. The second kappa shape index (κ2) is 7.65. The van der Waals surface area contributed by atoms with Gasteiger partial charge in [-0.05, 0) is 20.8 Å². The maximum absolute atomic E-state index is 11.8. The molecule has 2 heterocycles. The van der Waals surface area contributed by atoms with E-state index in [9.17, 15) is 14.4 Å². The van der Waals surface area contributed by atoms with E-state index in [0.717, 1.165) is 0 Å². The van der Waals surface area contributed by atoms with E-state index in [1.807, 2.05) is 0 Å². The zero-order valence-corrected chi connectivity index (χ0v) is 14.7. The molecule has 2 rings (SSSR count). The molecule has 5 atom stereocenters. The van der Waals surface area contributed by atoms with Crippen molar-refractivity contribution in [1.82, 2.24) is 0 Å². The van der Waals surface area contributed by atoms with Gasteiger partial charge in [0.25, 0.3) is 0 Å². The van der Waals surface area contributed by atoms with Gasteiger partial charge in [0, 0.05) is 13.8 Å². The van der Waals surface area contributed by atoms with Crippen molar-refractivity contribution in [2.24, 2.45) is 0 Å². The molecule has 0 aromatic rings. The van der Waals surface area contributed by atoms with Crippen molar-refractivity contribution in [3.05, 3.63) is 0 Å². The summed E-state index contributed by atoms with van der Waals surface area (Å²) in [7, 11) is 0. The van der Waals surface area contributed by atoms with Crippen molar-refractivity contribution >= 4 is 17.9 Å². The predicted molar refractivity (Wildman–Crippen MR) is 77.5 cm³/mol. The van der Waals surface area contributed by atoms with E-state index in [1.165, 1.54) is 20.8 Å². The summed E-state index contributed by atoms with van der Waals surface area (Å²) < 4.78 is 26.5. The zero-order valence-electron chi connectivity index (χ0n) is 14.7. The average Bonchev–Trinajstić information content (AvgIpc) is 2.93. The van der Waals surface area contributed by atoms with Gasteiger partial charge in [-0.2, -0.15) is 4.89 Å². The fraction of sp³-hybridized carbons (Fsp3) is 0.800. The number of hydrogen-bond acceptors (Lipinski definition) is 10. The molecule has 2 unspecified atom stereocenters. The molecule has 10 heteroatoms. The van der Waals surface area contributed by atoms with Crippen LogP contribution in [-0.4, -0.2) is 61.0 Å². The molecule has 142 valence electrons. The highest BCUT2D eigenvalue weighted by Gasteiger charge is 2.57. The Kier molecular flexibility index (Phi) is 5.99. The van der Waals surface area contributed by atoms with Gasteiger partial charge in [-0.3, -0.25) is 14.5 Å². The van der Waals surface area contributed by atoms with E-state index in [4.69, 9.17) is 33.5 Å². The van der Waals surface area contributed by atoms with E-state index in [1.54, 1.807) is 13.8 Å². The summed E-state index contributed by atoms with van der Waals surface area (Å²) in [5.74, 6) is -2.93. The maximum atomic E-state index is 11.8. The number of rotatable bonds is 6. The van der Waals surface area contributed by atoms with E-state index in [2.05, 4.69) is 0 Å². The quantitative estimate of drug-likeness (QED) is 0.369. The van der Waals surface area contributed by atoms with Crippen molar-refractivity contribution in [1.29, 1.82) is 0 Å². The molecule has 0 N–H and O–H groups in total. The third kappa shape index (κ3) is 5.11. The van der Waals surface area contributed by atoms with Crippen LogP contribution in [0.5, 0.6) is 0 Å². The summed E-state index contributed by atoms with van der Waals surface area (Å²) >= 11 is 0. The number of esters is 2. The minimum absolute atomic E-state index is 0.128. The van der Waals surface area contributed by atoms with Crippen LogP contribution in [-0.2, 0) is 47.8 Å². The van der Waals surface area contributed by atoms with Crippen molar-refractivity contribution in [3.63, 3.8) is 0 Å². The third-order valence-corrected chi connectivity index (χ3v) is 3.45. The van der Waals surface area contributed by atoms with Gasteiger partial charge in [-0.15, -0.1) is 0 Å². The molecule has 0 spiro atoms. The Labute approximate surface area is 144 Å². The van der Waals surface area contributed by atoms with Crippen molar-refractivity contribution in [2.45, 2.75) is 71.1 Å². The fourth-order valence-electron chi connectivity index (χ4n) is 2.46. The molecule has 0 saturated carbocycles. The van der Waals surface area contributed by atoms with E-state index in [-0.39, 0.29) is 6.61 Å². The normalized spacial score (nSPS) is 31.1. The first kappa shape index (κ1) is 19.6. The highest BCUT2D eigenvalue weighted by atomic mass is 17.2. The molecular formula is C15H22O10. The fourth-order valence-corrected chi connectivity index (χ4v) is 2.46. The topological polar surface area (TPSA) is 116 Å². The molecule has 25 heavy (non-hydrogen) atoms. The van der Waals surface area contributed by atoms with Crippen LogP contribution in [0, 0.1) is 0 Å². The lowest BCUT2D eigenvalue weighted by atomic mass is 10.1. The molecular weight excluding hydrogens is 340 g/mol. The van der Waals surface area contributed by atoms with Crippen LogP contribution in [0.1, 0.15) is 34.6 Å². The third-order valence-electron chi connectivity index (χ3n) is 3.45. The molecule has 0 aliphatic carbocycles. The van der Waals surface area contributed by atoms with E-state index in [0.29, 0.717) is 0 Å². The lowest BCUT2D eigenvalue weighted by Crippen LogP contribution is -2.40. The highest BCUT2D eigenvalue weighted by Crippen LogP contribution is 2.38. The Hall–Kier alpha value is -1.75. The van der Waals surface area contributed by atoms with Crippen LogP contribution in [0.15, 0.2) is 0 Å². The Balaban J connectivity index is 1.98. The van der Waals surface area contributed by atoms with Gasteiger partial charge in [-0.1, -0.05) is 0 Å². The van der Waals surface area contributed by atoms with E-state index >= 15 is 0 Å². The second-order valence-corrected chi connectivity index (χ2v) is 6.16. The van der Waals surface area contributed by atoms with Gasteiger partial charge in [0.15, 0.2) is 24.3 Å². The summed E-state index contributed by atoms with van der Waals surface area (Å²) in [6.07, 6.45) is -4.23. The Morgan fingerprint density at radius 2 is 1.80 bits per heavy atom. The molecule has 2 saturated heterocycles. The van der Waals surface area contributed by atoms with E-state index < -0.39 is 54.4 Å². The number of carbonyl (C=O) groups excluding carboxylic acids is 3. The summed E-state index contributed by atoms with van der Waals surface area (Å²) in [4.78, 5) is 43.6. The first-order valence-corrected chi connectivity index (χ1v) is 7.78. The SMILES string of the molecule is CC(=O)OC[C@H]1OC2OC(C)(C)O[C@@H]2[C@H]1OOC(=O)C(C)OC(C)=O. The molecule has 10 nitrogen and oxygen atoms in total. The smallest absolute Gasteiger partial charge is 0.382 e. The monoisotopic (exact) mass is 362 g/mol. The van der Waals surface area contributed by atoms with Gasteiger partial charge in [0.2, 0.25) is 0 Å². The van der Waals surface area contributed by atoms with Crippen LogP contribution in [0.25, 0.3) is 0 Å². The van der Waals surface area contributed by atoms with Gasteiger partial charge in [-0.25, -0.2) is 4.79 Å². The number of ether oxygens (including phenoxy) is 5. The minimum atomic E-state index is -1.14. The lowest BCUT2D eigenvalue weighted by Gasteiger charge is -2.24. The molecule has 0 amide bonds. The molecule has 0 radical (unpaired) electrons.